The summed E-state index contributed by atoms with van der Waals surface area (Å²) in [6.07, 6.45) is 0.703. The minimum atomic E-state index is -0.507. The van der Waals surface area contributed by atoms with Gasteiger partial charge in [-0.2, -0.15) is 5.10 Å². The van der Waals surface area contributed by atoms with Crippen LogP contribution in [0.1, 0.15) is 30.6 Å². The van der Waals surface area contributed by atoms with Crippen LogP contribution in [0.25, 0.3) is 10.9 Å². The van der Waals surface area contributed by atoms with Gasteiger partial charge in [0.05, 0.1) is 31.3 Å². The Kier molecular flexibility index (Phi) is 6.03. The first-order valence-electron chi connectivity index (χ1n) is 9.22. The number of aromatic nitrogens is 4. The summed E-state index contributed by atoms with van der Waals surface area (Å²) in [4.78, 5) is 17.3. The van der Waals surface area contributed by atoms with E-state index in [9.17, 15) is 9.90 Å². The normalized spacial score (nSPS) is 12.6. The number of rotatable bonds is 8. The molecular weight excluding hydrogens is 344 g/mol. The van der Waals surface area contributed by atoms with Crippen molar-refractivity contribution in [1.29, 1.82) is 0 Å². The highest BCUT2D eigenvalue weighted by molar-refractivity contribution is 5.82. The van der Waals surface area contributed by atoms with Crippen LogP contribution in [0.3, 0.4) is 0 Å². The van der Waals surface area contributed by atoms with Crippen LogP contribution in [-0.4, -0.2) is 44.3 Å². The van der Waals surface area contributed by atoms with E-state index in [-0.39, 0.29) is 5.56 Å². The Hall–Kier alpha value is -2.51. The number of para-hydroxylation sites is 1. The fourth-order valence-electron chi connectivity index (χ4n) is 3.12. The van der Waals surface area contributed by atoms with Gasteiger partial charge in [0.25, 0.3) is 5.56 Å². The molecule has 0 unspecified atom stereocenters. The Bertz CT molecular complexity index is 977. The predicted molar refractivity (Wildman–Crippen MR) is 104 cm³/mol. The van der Waals surface area contributed by atoms with Crippen molar-refractivity contribution >= 4 is 10.9 Å². The summed E-state index contributed by atoms with van der Waals surface area (Å²) in [5, 5.41) is 15.6. The van der Waals surface area contributed by atoms with E-state index in [2.05, 4.69) is 10.1 Å². The maximum atomic E-state index is 12.7. The summed E-state index contributed by atoms with van der Waals surface area (Å²) in [5.41, 5.74) is 1.75. The molecule has 0 fully saturated rings. The molecule has 0 aliphatic carbocycles. The summed E-state index contributed by atoms with van der Waals surface area (Å²) < 4.78 is 8.53. The zero-order valence-corrected chi connectivity index (χ0v) is 16.1. The minimum absolute atomic E-state index is 0.0739. The van der Waals surface area contributed by atoms with Gasteiger partial charge in [0.1, 0.15) is 5.82 Å². The molecule has 1 N–H and O–H groups in total. The number of ether oxygens (including phenoxy) is 1. The molecular formula is C20H26N4O3. The zero-order valence-electron chi connectivity index (χ0n) is 16.1. The average molecular weight is 370 g/mol. The van der Waals surface area contributed by atoms with Gasteiger partial charge in [0.15, 0.2) is 5.82 Å². The molecule has 0 saturated heterocycles. The summed E-state index contributed by atoms with van der Waals surface area (Å²) in [7, 11) is 1.64. The second-order valence-electron chi connectivity index (χ2n) is 6.70. The molecule has 2 heterocycles. The van der Waals surface area contributed by atoms with E-state index in [1.807, 2.05) is 38.1 Å². The third kappa shape index (κ3) is 4.26. The van der Waals surface area contributed by atoms with Crippen molar-refractivity contribution in [3.63, 3.8) is 0 Å². The molecule has 3 rings (SSSR count). The average Bonchev–Trinajstić information content (AvgIpc) is 3.04. The summed E-state index contributed by atoms with van der Waals surface area (Å²) in [5.74, 6) is 1.31. The van der Waals surface area contributed by atoms with E-state index in [4.69, 9.17) is 4.74 Å². The van der Waals surface area contributed by atoms with E-state index >= 15 is 0 Å². The van der Waals surface area contributed by atoms with Gasteiger partial charge in [-0.05, 0) is 25.0 Å². The van der Waals surface area contributed by atoms with Crippen LogP contribution < -0.4 is 5.56 Å². The number of fused-ring (bicyclic) bond motifs is 1. The number of aliphatic hydroxyl groups excluding tert-OH is 1. The molecule has 0 aliphatic rings. The molecule has 144 valence electrons. The molecule has 1 aromatic carbocycles. The maximum Gasteiger partial charge on any atom is 0.251 e. The fraction of sp³-hybridized carbons (Fsp3) is 0.450. The molecule has 7 nitrogen and oxygen atoms in total. The molecule has 0 bridgehead atoms. The second kappa shape index (κ2) is 8.45. The molecule has 0 aliphatic heterocycles. The first kappa shape index (κ1) is 19.3. The SMILES string of the molecule is CC[C@@H](O)Cn1nc(CCOC)nc1Cn1c(=O)cc(C)c2ccccc21. The Balaban J connectivity index is 2.03. The quantitative estimate of drug-likeness (QED) is 0.655. The molecule has 27 heavy (non-hydrogen) atoms. The lowest BCUT2D eigenvalue weighted by atomic mass is 10.1. The van der Waals surface area contributed by atoms with Crippen molar-refractivity contribution in [2.45, 2.75) is 45.9 Å². The Labute approximate surface area is 158 Å². The molecule has 0 radical (unpaired) electrons. The molecule has 2 aromatic heterocycles. The van der Waals surface area contributed by atoms with Crippen molar-refractivity contribution in [3.05, 3.63) is 57.9 Å². The van der Waals surface area contributed by atoms with Gasteiger partial charge < -0.3 is 14.4 Å². The number of benzene rings is 1. The number of pyridine rings is 1. The molecule has 0 spiro atoms. The van der Waals surface area contributed by atoms with Gasteiger partial charge in [-0.1, -0.05) is 25.1 Å². The number of aliphatic hydroxyl groups is 1. The van der Waals surface area contributed by atoms with Gasteiger partial charge in [-0.3, -0.25) is 4.79 Å². The highest BCUT2D eigenvalue weighted by Crippen LogP contribution is 2.17. The highest BCUT2D eigenvalue weighted by atomic mass is 16.5. The maximum absolute atomic E-state index is 12.7. The topological polar surface area (TPSA) is 82.2 Å². The fourth-order valence-corrected chi connectivity index (χ4v) is 3.12. The second-order valence-corrected chi connectivity index (χ2v) is 6.70. The number of methoxy groups -OCH3 is 1. The summed E-state index contributed by atoms with van der Waals surface area (Å²) >= 11 is 0. The lowest BCUT2D eigenvalue weighted by Crippen LogP contribution is -2.24. The van der Waals surface area contributed by atoms with Gasteiger partial charge in [-0.25, -0.2) is 9.67 Å². The third-order valence-electron chi connectivity index (χ3n) is 4.70. The van der Waals surface area contributed by atoms with E-state index in [0.29, 0.717) is 44.2 Å². The highest BCUT2D eigenvalue weighted by Gasteiger charge is 2.15. The van der Waals surface area contributed by atoms with Crippen molar-refractivity contribution in [2.75, 3.05) is 13.7 Å². The van der Waals surface area contributed by atoms with Crippen molar-refractivity contribution in [1.82, 2.24) is 19.3 Å². The number of aryl methyl sites for hydroxylation is 1. The van der Waals surface area contributed by atoms with Crippen molar-refractivity contribution in [3.8, 4) is 0 Å². The molecule has 0 amide bonds. The Morgan fingerprint density at radius 2 is 2.07 bits per heavy atom. The summed E-state index contributed by atoms with van der Waals surface area (Å²) in [6, 6.07) is 9.49. The van der Waals surface area contributed by atoms with Crippen LogP contribution >= 0.6 is 0 Å². The van der Waals surface area contributed by atoms with Crippen LogP contribution in [-0.2, 0) is 24.2 Å². The van der Waals surface area contributed by atoms with Gasteiger partial charge >= 0.3 is 0 Å². The standard InChI is InChI=1S/C20H26N4O3/c1-4-15(25)12-24-19(21-18(22-24)9-10-27-3)13-23-17-8-6-5-7-16(17)14(2)11-20(23)26/h5-8,11,15,25H,4,9-10,12-13H2,1-3H3/t15-/m1/s1. The van der Waals surface area contributed by atoms with Crippen molar-refractivity contribution in [2.24, 2.45) is 0 Å². The van der Waals surface area contributed by atoms with Crippen LogP contribution in [0, 0.1) is 6.92 Å². The van der Waals surface area contributed by atoms with Crippen LogP contribution in [0.2, 0.25) is 0 Å². The van der Waals surface area contributed by atoms with E-state index in [1.54, 1.807) is 22.4 Å². The van der Waals surface area contributed by atoms with Gasteiger partial charge in [-0.15, -0.1) is 0 Å². The monoisotopic (exact) mass is 370 g/mol. The lowest BCUT2D eigenvalue weighted by Gasteiger charge is -2.13. The lowest BCUT2D eigenvalue weighted by molar-refractivity contribution is 0.143. The van der Waals surface area contributed by atoms with Crippen molar-refractivity contribution < 1.29 is 9.84 Å². The predicted octanol–water partition coefficient (Wildman–Crippen LogP) is 1.91. The molecule has 3 aromatic rings. The minimum Gasteiger partial charge on any atom is -0.391 e. The Morgan fingerprint density at radius 3 is 2.81 bits per heavy atom. The van der Waals surface area contributed by atoms with Crippen LogP contribution in [0.4, 0.5) is 0 Å². The number of hydrogen-bond donors (Lipinski definition) is 1. The third-order valence-corrected chi connectivity index (χ3v) is 4.70. The molecule has 1 atom stereocenters. The number of hydrogen-bond acceptors (Lipinski definition) is 5. The first-order chi connectivity index (χ1) is 13.0. The van der Waals surface area contributed by atoms with Crippen LogP contribution in [0.5, 0.6) is 0 Å². The van der Waals surface area contributed by atoms with Crippen LogP contribution in [0.15, 0.2) is 35.1 Å². The largest absolute Gasteiger partial charge is 0.391 e. The zero-order chi connectivity index (χ0) is 19.4. The van der Waals surface area contributed by atoms with Gasteiger partial charge in [0, 0.05) is 25.0 Å². The van der Waals surface area contributed by atoms with E-state index in [0.717, 1.165) is 16.5 Å². The van der Waals surface area contributed by atoms with E-state index < -0.39 is 6.10 Å². The molecule has 0 saturated carbocycles. The smallest absolute Gasteiger partial charge is 0.251 e. The Morgan fingerprint density at radius 1 is 1.30 bits per heavy atom. The first-order valence-corrected chi connectivity index (χ1v) is 9.22. The van der Waals surface area contributed by atoms with E-state index in [1.165, 1.54) is 0 Å². The van der Waals surface area contributed by atoms with Gasteiger partial charge in [0.2, 0.25) is 0 Å². The summed E-state index contributed by atoms with van der Waals surface area (Å²) in [6.45, 7) is 5.04. The molecule has 7 heteroatoms. The number of nitrogens with zero attached hydrogens (tertiary/aromatic N) is 4.